The van der Waals surface area contributed by atoms with E-state index in [4.69, 9.17) is 10.5 Å². The van der Waals surface area contributed by atoms with Crippen molar-refractivity contribution in [2.45, 2.75) is 50.2 Å². The minimum atomic E-state index is 0.199. The van der Waals surface area contributed by atoms with Gasteiger partial charge in [0.15, 0.2) is 0 Å². The van der Waals surface area contributed by atoms with Gasteiger partial charge in [-0.05, 0) is 31.7 Å². The zero-order valence-electron chi connectivity index (χ0n) is 9.80. The number of hydrogen-bond donors (Lipinski definition) is 2. The van der Waals surface area contributed by atoms with Gasteiger partial charge in [0.1, 0.15) is 0 Å². The lowest BCUT2D eigenvalue weighted by Gasteiger charge is -2.47. The maximum Gasteiger partial charge on any atom is 0.0607 e. The molecule has 0 bridgehead atoms. The molecule has 2 rings (SSSR count). The Balaban J connectivity index is 1.63. The molecule has 2 aliphatic rings. The predicted octanol–water partition coefficient (Wildman–Crippen LogP) is 1.27. The molecule has 0 spiro atoms. The summed E-state index contributed by atoms with van der Waals surface area (Å²) < 4.78 is 5.31. The van der Waals surface area contributed by atoms with E-state index in [0.717, 1.165) is 31.8 Å². The molecule has 3 heteroatoms. The molecular formula is C12H24N2O. The summed E-state index contributed by atoms with van der Waals surface area (Å²) in [5, 5.41) is 3.64. The Bertz CT molecular complexity index is 198. The fraction of sp³-hybridized carbons (Fsp3) is 1.00. The van der Waals surface area contributed by atoms with E-state index in [1.54, 1.807) is 7.11 Å². The van der Waals surface area contributed by atoms with Gasteiger partial charge in [0.25, 0.3) is 0 Å². The first-order valence-corrected chi connectivity index (χ1v) is 6.26. The van der Waals surface area contributed by atoms with Crippen LogP contribution < -0.4 is 11.1 Å². The summed E-state index contributed by atoms with van der Waals surface area (Å²) in [6, 6.07) is 0. The lowest BCUT2D eigenvalue weighted by molar-refractivity contribution is -0.0270. The van der Waals surface area contributed by atoms with Gasteiger partial charge in [0.05, 0.1) is 6.10 Å². The van der Waals surface area contributed by atoms with Crippen LogP contribution >= 0.6 is 0 Å². The first kappa shape index (κ1) is 11.4. The van der Waals surface area contributed by atoms with E-state index >= 15 is 0 Å². The van der Waals surface area contributed by atoms with Crippen LogP contribution in [0.2, 0.25) is 0 Å². The zero-order chi connectivity index (χ0) is 10.7. The van der Waals surface area contributed by atoms with Crippen molar-refractivity contribution in [3.05, 3.63) is 0 Å². The van der Waals surface area contributed by atoms with Crippen molar-refractivity contribution in [1.82, 2.24) is 5.32 Å². The van der Waals surface area contributed by atoms with Crippen molar-refractivity contribution in [3.8, 4) is 0 Å². The molecule has 0 aliphatic heterocycles. The average Bonchev–Trinajstić information content (AvgIpc) is 2.13. The largest absolute Gasteiger partial charge is 0.381 e. The Morgan fingerprint density at radius 3 is 2.60 bits per heavy atom. The van der Waals surface area contributed by atoms with E-state index in [-0.39, 0.29) is 5.54 Å². The number of nitrogens with two attached hydrogens (primary N) is 1. The molecule has 0 aromatic heterocycles. The van der Waals surface area contributed by atoms with Gasteiger partial charge in [-0.3, -0.25) is 0 Å². The SMILES string of the molecule is COC1CC(CN)(NCCC2CCC2)C1. The topological polar surface area (TPSA) is 47.3 Å². The molecule has 0 radical (unpaired) electrons. The number of methoxy groups -OCH3 is 1. The Kier molecular flexibility index (Phi) is 3.65. The van der Waals surface area contributed by atoms with Gasteiger partial charge in [-0.2, -0.15) is 0 Å². The molecule has 0 unspecified atom stereocenters. The molecule has 2 aliphatic carbocycles. The third kappa shape index (κ3) is 2.52. The van der Waals surface area contributed by atoms with Crippen molar-refractivity contribution in [3.63, 3.8) is 0 Å². The molecule has 0 heterocycles. The van der Waals surface area contributed by atoms with E-state index in [1.807, 2.05) is 0 Å². The summed E-state index contributed by atoms with van der Waals surface area (Å²) in [5.74, 6) is 0.991. The molecule has 15 heavy (non-hydrogen) atoms. The Morgan fingerprint density at radius 2 is 2.13 bits per heavy atom. The van der Waals surface area contributed by atoms with Crippen LogP contribution in [0.4, 0.5) is 0 Å². The first-order chi connectivity index (χ1) is 7.28. The van der Waals surface area contributed by atoms with Crippen LogP contribution in [0.3, 0.4) is 0 Å². The molecule has 0 aromatic rings. The van der Waals surface area contributed by atoms with Gasteiger partial charge in [-0.15, -0.1) is 0 Å². The van der Waals surface area contributed by atoms with Crippen LogP contribution in [0.1, 0.15) is 38.5 Å². The number of rotatable bonds is 6. The van der Waals surface area contributed by atoms with Crippen LogP contribution in [0.5, 0.6) is 0 Å². The Morgan fingerprint density at radius 1 is 1.40 bits per heavy atom. The Hall–Kier alpha value is -0.120. The standard InChI is InChI=1S/C12H24N2O/c1-15-11-7-12(8-11,9-13)14-6-5-10-3-2-4-10/h10-11,14H,2-9,13H2,1H3. The molecule has 2 fully saturated rings. The Labute approximate surface area is 92.7 Å². The van der Waals surface area contributed by atoms with Gasteiger partial charge >= 0.3 is 0 Å². The van der Waals surface area contributed by atoms with E-state index in [9.17, 15) is 0 Å². The summed E-state index contributed by atoms with van der Waals surface area (Å²) >= 11 is 0. The maximum absolute atomic E-state index is 5.83. The van der Waals surface area contributed by atoms with Gasteiger partial charge < -0.3 is 15.8 Å². The second-order valence-corrected chi connectivity index (χ2v) is 5.26. The molecule has 0 atom stereocenters. The number of ether oxygens (including phenoxy) is 1. The maximum atomic E-state index is 5.83. The van der Waals surface area contributed by atoms with E-state index < -0.39 is 0 Å². The number of hydrogen-bond acceptors (Lipinski definition) is 3. The van der Waals surface area contributed by atoms with Crippen LogP contribution in [-0.2, 0) is 4.74 Å². The molecule has 2 saturated carbocycles. The molecule has 88 valence electrons. The summed E-state index contributed by atoms with van der Waals surface area (Å²) in [4.78, 5) is 0. The summed E-state index contributed by atoms with van der Waals surface area (Å²) in [5.41, 5.74) is 6.03. The highest BCUT2D eigenvalue weighted by Gasteiger charge is 2.42. The van der Waals surface area contributed by atoms with Gasteiger partial charge in [-0.1, -0.05) is 19.3 Å². The van der Waals surface area contributed by atoms with Crippen molar-refractivity contribution in [1.29, 1.82) is 0 Å². The van der Waals surface area contributed by atoms with Crippen molar-refractivity contribution in [2.75, 3.05) is 20.2 Å². The van der Waals surface area contributed by atoms with Crippen molar-refractivity contribution < 1.29 is 4.74 Å². The number of nitrogens with one attached hydrogen (secondary N) is 1. The second-order valence-electron chi connectivity index (χ2n) is 5.26. The van der Waals surface area contributed by atoms with Crippen molar-refractivity contribution >= 4 is 0 Å². The molecule has 0 aromatic carbocycles. The third-order valence-corrected chi connectivity index (χ3v) is 4.24. The molecule has 3 nitrogen and oxygen atoms in total. The van der Waals surface area contributed by atoms with Crippen LogP contribution in [-0.4, -0.2) is 31.8 Å². The summed E-state index contributed by atoms with van der Waals surface area (Å²) in [6.07, 6.45) is 8.27. The highest BCUT2D eigenvalue weighted by atomic mass is 16.5. The van der Waals surface area contributed by atoms with Gasteiger partial charge in [0, 0.05) is 19.2 Å². The minimum absolute atomic E-state index is 0.199. The van der Waals surface area contributed by atoms with E-state index in [0.29, 0.717) is 6.10 Å². The first-order valence-electron chi connectivity index (χ1n) is 6.26. The highest BCUT2D eigenvalue weighted by Crippen LogP contribution is 2.34. The fourth-order valence-corrected chi connectivity index (χ4v) is 2.68. The zero-order valence-corrected chi connectivity index (χ0v) is 9.80. The lowest BCUT2D eigenvalue weighted by atomic mass is 9.73. The lowest BCUT2D eigenvalue weighted by Crippen LogP contribution is -2.62. The van der Waals surface area contributed by atoms with Crippen molar-refractivity contribution in [2.24, 2.45) is 11.7 Å². The van der Waals surface area contributed by atoms with Gasteiger partial charge in [0.2, 0.25) is 0 Å². The van der Waals surface area contributed by atoms with Gasteiger partial charge in [-0.25, -0.2) is 0 Å². The average molecular weight is 212 g/mol. The van der Waals surface area contributed by atoms with Crippen LogP contribution in [0.15, 0.2) is 0 Å². The quantitative estimate of drug-likeness (QED) is 0.697. The third-order valence-electron chi connectivity index (χ3n) is 4.24. The van der Waals surface area contributed by atoms with Crippen LogP contribution in [0.25, 0.3) is 0 Å². The predicted molar refractivity (Wildman–Crippen MR) is 61.8 cm³/mol. The molecule has 0 amide bonds. The summed E-state index contributed by atoms with van der Waals surface area (Å²) in [7, 11) is 1.79. The molecule has 0 saturated heterocycles. The highest BCUT2D eigenvalue weighted by molar-refractivity contribution is 5.02. The monoisotopic (exact) mass is 212 g/mol. The second kappa shape index (κ2) is 4.81. The minimum Gasteiger partial charge on any atom is -0.381 e. The molecule has 3 N–H and O–H groups in total. The fourth-order valence-electron chi connectivity index (χ4n) is 2.68. The molecular weight excluding hydrogens is 188 g/mol. The summed E-state index contributed by atoms with van der Waals surface area (Å²) in [6.45, 7) is 1.88. The van der Waals surface area contributed by atoms with E-state index in [2.05, 4.69) is 5.32 Å². The van der Waals surface area contributed by atoms with Crippen LogP contribution in [0, 0.1) is 5.92 Å². The normalized spacial score (nSPS) is 36.0. The van der Waals surface area contributed by atoms with E-state index in [1.165, 1.54) is 25.7 Å². The smallest absolute Gasteiger partial charge is 0.0607 e.